The van der Waals surface area contributed by atoms with E-state index in [2.05, 4.69) is 23.7 Å². The Morgan fingerprint density at radius 2 is 2.00 bits per heavy atom. The second kappa shape index (κ2) is 4.73. The number of aliphatic hydroxyl groups excluding tert-OH is 1. The zero-order chi connectivity index (χ0) is 12.2. The second-order valence-corrected chi connectivity index (χ2v) is 4.72. The summed E-state index contributed by atoms with van der Waals surface area (Å²) in [6, 6.07) is 0. The van der Waals surface area contributed by atoms with E-state index in [9.17, 15) is 4.39 Å². The van der Waals surface area contributed by atoms with Gasteiger partial charge in [-0.1, -0.05) is 25.7 Å². The van der Waals surface area contributed by atoms with Crippen LogP contribution in [0.15, 0.2) is 11.9 Å². The summed E-state index contributed by atoms with van der Waals surface area (Å²) in [6.45, 7) is 5.86. The van der Waals surface area contributed by atoms with Crippen molar-refractivity contribution in [1.82, 2.24) is 0 Å². The molecule has 0 aromatic carbocycles. The zero-order valence-corrected chi connectivity index (χ0v) is 10.0. The highest BCUT2D eigenvalue weighted by Gasteiger charge is 2.50. The van der Waals surface area contributed by atoms with Gasteiger partial charge in [0.15, 0.2) is 0 Å². The summed E-state index contributed by atoms with van der Waals surface area (Å²) in [4.78, 5) is 0. The van der Waals surface area contributed by atoms with Gasteiger partial charge >= 0.3 is 0 Å². The number of allylic oxidation sites excluding steroid dienone is 2. The molecule has 0 amide bonds. The van der Waals surface area contributed by atoms with Crippen LogP contribution in [0.3, 0.4) is 0 Å². The Hall–Kier alpha value is -1.25. The van der Waals surface area contributed by atoms with Gasteiger partial charge in [0.1, 0.15) is 5.83 Å². The third kappa shape index (κ3) is 2.29. The lowest BCUT2D eigenvalue weighted by atomic mass is 9.58. The van der Waals surface area contributed by atoms with E-state index in [0.29, 0.717) is 12.8 Å². The number of rotatable bonds is 2. The molecular formula is C14H17FO. The van der Waals surface area contributed by atoms with Crippen LogP contribution >= 0.6 is 0 Å². The molecule has 1 rings (SSSR count). The Balaban J connectivity index is 2.64. The lowest BCUT2D eigenvalue weighted by Crippen LogP contribution is -2.41. The van der Waals surface area contributed by atoms with Crippen LogP contribution in [-0.2, 0) is 0 Å². The molecule has 0 bridgehead atoms. The highest BCUT2D eigenvalue weighted by Crippen LogP contribution is 2.55. The molecule has 1 aliphatic rings. The van der Waals surface area contributed by atoms with Crippen LogP contribution in [0, 0.1) is 34.5 Å². The van der Waals surface area contributed by atoms with Crippen molar-refractivity contribution in [1.29, 1.82) is 0 Å². The lowest BCUT2D eigenvalue weighted by Gasteiger charge is -2.45. The number of aliphatic hydroxyl groups is 1. The normalized spacial score (nSPS) is 25.4. The monoisotopic (exact) mass is 220 g/mol. The molecule has 0 aromatic rings. The maximum Gasteiger partial charge on any atom is 0.115 e. The molecule has 0 fully saturated rings. The van der Waals surface area contributed by atoms with E-state index in [-0.39, 0.29) is 17.8 Å². The van der Waals surface area contributed by atoms with Gasteiger partial charge in [0.25, 0.3) is 0 Å². The van der Waals surface area contributed by atoms with Crippen LogP contribution in [0.4, 0.5) is 4.39 Å². The van der Waals surface area contributed by atoms with E-state index in [1.165, 1.54) is 0 Å². The Morgan fingerprint density at radius 1 is 1.31 bits per heavy atom. The Labute approximate surface area is 96.7 Å². The molecule has 2 heteroatoms. The van der Waals surface area contributed by atoms with Crippen LogP contribution in [0.2, 0.25) is 0 Å². The first-order valence-electron chi connectivity index (χ1n) is 5.44. The minimum Gasteiger partial charge on any atom is -0.396 e. The number of hydrogen-bond acceptors (Lipinski definition) is 1. The fourth-order valence-corrected chi connectivity index (χ4v) is 1.49. The summed E-state index contributed by atoms with van der Waals surface area (Å²) in [7, 11) is 0. The molecule has 1 nitrogen and oxygen atoms in total. The maximum absolute atomic E-state index is 13.4. The first-order valence-corrected chi connectivity index (χ1v) is 5.44. The van der Waals surface area contributed by atoms with Crippen LogP contribution in [0.25, 0.3) is 0 Å². The van der Waals surface area contributed by atoms with E-state index in [1.807, 2.05) is 13.8 Å². The summed E-state index contributed by atoms with van der Waals surface area (Å²) >= 11 is 0. The summed E-state index contributed by atoms with van der Waals surface area (Å²) in [6.07, 6.45) is 2.89. The molecular weight excluding hydrogens is 203 g/mol. The van der Waals surface area contributed by atoms with Gasteiger partial charge in [-0.3, -0.25) is 0 Å². The predicted molar refractivity (Wildman–Crippen MR) is 63.0 cm³/mol. The molecule has 1 aliphatic carbocycles. The average molecular weight is 220 g/mol. The Kier molecular flexibility index (Phi) is 3.79. The van der Waals surface area contributed by atoms with E-state index < -0.39 is 5.41 Å². The topological polar surface area (TPSA) is 20.2 Å². The Bertz CT molecular complexity index is 411. The van der Waals surface area contributed by atoms with Crippen molar-refractivity contribution < 1.29 is 9.50 Å². The molecule has 0 aromatic heterocycles. The standard InChI is InChI=1S/C14H17FO/c1-13(2)11-12(15)14(13,3)9-7-5-4-6-8-10-16/h11,16H,6,8,10H2,1-3H3. The van der Waals surface area contributed by atoms with Crippen molar-refractivity contribution in [3.63, 3.8) is 0 Å². The van der Waals surface area contributed by atoms with Gasteiger partial charge in [-0.15, -0.1) is 0 Å². The van der Waals surface area contributed by atoms with Gasteiger partial charge in [-0.2, -0.15) is 0 Å². The van der Waals surface area contributed by atoms with E-state index in [4.69, 9.17) is 5.11 Å². The van der Waals surface area contributed by atoms with Crippen LogP contribution < -0.4 is 0 Å². The molecule has 0 saturated carbocycles. The van der Waals surface area contributed by atoms with E-state index in [0.717, 1.165) is 0 Å². The van der Waals surface area contributed by atoms with Gasteiger partial charge in [-0.05, 0) is 31.3 Å². The third-order valence-electron chi connectivity index (χ3n) is 3.18. The first-order chi connectivity index (χ1) is 7.44. The SMILES string of the molecule is CC1(C)C=C(F)C1(C)C#CC#CCCCO. The molecule has 86 valence electrons. The van der Waals surface area contributed by atoms with Gasteiger partial charge in [0.05, 0.1) is 5.41 Å². The van der Waals surface area contributed by atoms with Crippen molar-refractivity contribution in [2.45, 2.75) is 33.6 Å². The van der Waals surface area contributed by atoms with Crippen LogP contribution in [0.5, 0.6) is 0 Å². The number of unbranched alkanes of at least 4 members (excludes halogenated alkanes) is 1. The predicted octanol–water partition coefficient (Wildman–Crippen LogP) is 2.67. The maximum atomic E-state index is 13.4. The third-order valence-corrected chi connectivity index (χ3v) is 3.18. The minimum absolute atomic E-state index is 0.143. The van der Waals surface area contributed by atoms with Gasteiger partial charge < -0.3 is 5.11 Å². The van der Waals surface area contributed by atoms with Crippen molar-refractivity contribution in [2.24, 2.45) is 10.8 Å². The van der Waals surface area contributed by atoms with Crippen molar-refractivity contribution in [2.75, 3.05) is 6.61 Å². The quantitative estimate of drug-likeness (QED) is 0.560. The fourth-order valence-electron chi connectivity index (χ4n) is 1.49. The zero-order valence-electron chi connectivity index (χ0n) is 10.0. The largest absolute Gasteiger partial charge is 0.396 e. The van der Waals surface area contributed by atoms with Crippen molar-refractivity contribution in [3.8, 4) is 23.7 Å². The smallest absolute Gasteiger partial charge is 0.115 e. The molecule has 0 spiro atoms. The van der Waals surface area contributed by atoms with Crippen LogP contribution in [0.1, 0.15) is 33.6 Å². The first kappa shape index (κ1) is 12.8. The number of halogens is 1. The van der Waals surface area contributed by atoms with Gasteiger partial charge in [-0.25, -0.2) is 4.39 Å². The van der Waals surface area contributed by atoms with Crippen molar-refractivity contribution in [3.05, 3.63) is 11.9 Å². The number of hydrogen-bond donors (Lipinski definition) is 1. The fraction of sp³-hybridized carbons (Fsp3) is 0.571. The molecule has 0 aliphatic heterocycles. The van der Waals surface area contributed by atoms with E-state index in [1.54, 1.807) is 13.0 Å². The molecule has 0 saturated heterocycles. The minimum atomic E-state index is -0.696. The summed E-state index contributed by atoms with van der Waals surface area (Å²) < 4.78 is 13.4. The molecule has 1 N–H and O–H groups in total. The summed E-state index contributed by atoms with van der Waals surface area (Å²) in [5, 5.41) is 8.54. The van der Waals surface area contributed by atoms with Gasteiger partial charge in [0.2, 0.25) is 0 Å². The van der Waals surface area contributed by atoms with Crippen LogP contribution in [-0.4, -0.2) is 11.7 Å². The van der Waals surface area contributed by atoms with Gasteiger partial charge in [0, 0.05) is 18.4 Å². The average Bonchev–Trinajstić information content (AvgIpc) is 2.22. The summed E-state index contributed by atoms with van der Waals surface area (Å²) in [5.41, 5.74) is -0.921. The molecule has 0 radical (unpaired) electrons. The Morgan fingerprint density at radius 3 is 2.50 bits per heavy atom. The molecule has 0 heterocycles. The molecule has 1 unspecified atom stereocenters. The molecule has 16 heavy (non-hydrogen) atoms. The highest BCUT2D eigenvalue weighted by atomic mass is 19.1. The van der Waals surface area contributed by atoms with Crippen molar-refractivity contribution >= 4 is 0 Å². The molecule has 1 atom stereocenters. The second-order valence-electron chi connectivity index (χ2n) is 4.72. The lowest BCUT2D eigenvalue weighted by molar-refractivity contribution is 0.164. The van der Waals surface area contributed by atoms with E-state index >= 15 is 0 Å². The highest BCUT2D eigenvalue weighted by molar-refractivity contribution is 5.42. The summed E-state index contributed by atoms with van der Waals surface area (Å²) in [5.74, 6) is 10.9.